The first kappa shape index (κ1) is 56.5. The Hall–Kier alpha value is -2.55. The summed E-state index contributed by atoms with van der Waals surface area (Å²) in [6, 6.07) is 0. The van der Waals surface area contributed by atoms with Crippen LogP contribution in [0.5, 0.6) is 0 Å². The largest absolute Gasteiger partial charge is 0.472 e. The van der Waals surface area contributed by atoms with Crippen LogP contribution in [-0.4, -0.2) is 74.9 Å². The van der Waals surface area contributed by atoms with Crippen molar-refractivity contribution >= 4 is 19.8 Å². The van der Waals surface area contributed by atoms with Crippen LogP contribution in [0.2, 0.25) is 0 Å². The van der Waals surface area contributed by atoms with Crippen LogP contribution in [-0.2, 0) is 32.7 Å². The summed E-state index contributed by atoms with van der Waals surface area (Å²) in [5.41, 5.74) is 0. The van der Waals surface area contributed by atoms with Crippen molar-refractivity contribution < 1.29 is 42.1 Å². The highest BCUT2D eigenvalue weighted by molar-refractivity contribution is 7.47. The second-order valence-corrected chi connectivity index (χ2v) is 17.9. The molecule has 0 saturated carbocycles. The standard InChI is InChI=1S/C49H86NO8P/c1-6-8-10-12-14-16-18-20-22-24-25-26-28-29-31-33-35-37-39-41-48(51)55-45-47(46-57-59(53,54)56-44-43-50(3,4)5)58-49(52)42-40-38-36-34-32-30-27-23-21-19-17-15-13-11-9-7-2/h8,10,14,16,20,22,25-26,29,31,35,37,47H,6-7,9,11-13,15,17-19,21,23-24,27-28,30,32-34,36,38-46H2,1-5H3/p+1/b10-8-,16-14-,22-20-,26-25-,31-29-,37-35-/t47-/m1/s1. The average Bonchev–Trinajstić information content (AvgIpc) is 3.19. The summed E-state index contributed by atoms with van der Waals surface area (Å²) >= 11 is 0. The first-order valence-corrected chi connectivity index (χ1v) is 24.7. The molecule has 0 bridgehead atoms. The van der Waals surface area contributed by atoms with Gasteiger partial charge in [0.05, 0.1) is 27.7 Å². The SMILES string of the molecule is CC/C=C\C/C=C\C/C=C\C/C=C\C/C=C\C/C=C\CCC(=O)OC[C@H](COP(=O)(O)OCC[N+](C)(C)C)OC(=O)CCCCCCCCCCCCCCCCCC. The maximum Gasteiger partial charge on any atom is 0.472 e. The molecule has 0 heterocycles. The Morgan fingerprint density at radius 1 is 0.542 bits per heavy atom. The van der Waals surface area contributed by atoms with E-state index in [1.165, 1.54) is 77.0 Å². The van der Waals surface area contributed by atoms with Crippen molar-refractivity contribution in [3.8, 4) is 0 Å². The molecule has 0 aliphatic rings. The van der Waals surface area contributed by atoms with E-state index in [4.69, 9.17) is 18.5 Å². The lowest BCUT2D eigenvalue weighted by Gasteiger charge is -2.24. The fourth-order valence-corrected chi connectivity index (χ4v) is 6.66. The summed E-state index contributed by atoms with van der Waals surface area (Å²) in [6.45, 7) is 4.22. The molecular weight excluding hydrogens is 762 g/mol. The van der Waals surface area contributed by atoms with Crippen molar-refractivity contribution in [1.29, 1.82) is 0 Å². The predicted octanol–water partition coefficient (Wildman–Crippen LogP) is 13.4. The zero-order valence-electron chi connectivity index (χ0n) is 38.2. The molecule has 0 rings (SSSR count). The summed E-state index contributed by atoms with van der Waals surface area (Å²) in [5, 5.41) is 0. The second kappa shape index (κ2) is 40.8. The molecule has 1 unspecified atom stereocenters. The Balaban J connectivity index is 4.45. The zero-order valence-corrected chi connectivity index (χ0v) is 39.1. The number of unbranched alkanes of at least 4 members (excludes halogenated alkanes) is 15. The summed E-state index contributed by atoms with van der Waals surface area (Å²) in [5.74, 6) is -0.897. The molecule has 0 aliphatic heterocycles. The molecule has 0 aromatic rings. The van der Waals surface area contributed by atoms with E-state index >= 15 is 0 Å². The number of carbonyl (C=O) groups excluding carboxylic acids is 2. The van der Waals surface area contributed by atoms with Gasteiger partial charge in [-0.15, -0.1) is 0 Å². The molecule has 2 atom stereocenters. The van der Waals surface area contributed by atoms with Crippen LogP contribution in [0.25, 0.3) is 0 Å². The molecule has 340 valence electrons. The van der Waals surface area contributed by atoms with Gasteiger partial charge < -0.3 is 18.9 Å². The van der Waals surface area contributed by atoms with Gasteiger partial charge in [-0.1, -0.05) is 183 Å². The number of likely N-dealkylation sites (N-methyl/N-ethyl adjacent to an activating group) is 1. The number of hydrogen-bond donors (Lipinski definition) is 1. The lowest BCUT2D eigenvalue weighted by Crippen LogP contribution is -2.37. The molecule has 0 amide bonds. The van der Waals surface area contributed by atoms with Crippen LogP contribution in [0, 0.1) is 0 Å². The smallest absolute Gasteiger partial charge is 0.462 e. The second-order valence-electron chi connectivity index (χ2n) is 16.4. The third kappa shape index (κ3) is 44.8. The van der Waals surface area contributed by atoms with Gasteiger partial charge in [0.25, 0.3) is 0 Å². The van der Waals surface area contributed by atoms with Gasteiger partial charge >= 0.3 is 19.8 Å². The first-order chi connectivity index (χ1) is 28.5. The summed E-state index contributed by atoms with van der Waals surface area (Å²) in [6.07, 6.45) is 51.1. The molecule has 0 aromatic carbocycles. The molecule has 9 nitrogen and oxygen atoms in total. The number of ether oxygens (including phenoxy) is 2. The number of nitrogens with zero attached hydrogens (tertiary/aromatic N) is 1. The molecule has 1 N–H and O–H groups in total. The Morgan fingerprint density at radius 3 is 1.41 bits per heavy atom. The number of hydrogen-bond acceptors (Lipinski definition) is 7. The number of quaternary nitrogens is 1. The Kier molecular flexibility index (Phi) is 39.1. The van der Waals surface area contributed by atoms with E-state index in [0.29, 0.717) is 23.9 Å². The number of allylic oxidation sites excluding steroid dienone is 12. The van der Waals surface area contributed by atoms with Crippen molar-refractivity contribution in [2.24, 2.45) is 0 Å². The number of rotatable bonds is 41. The minimum absolute atomic E-state index is 0.0184. The third-order valence-corrected chi connectivity index (χ3v) is 10.5. The van der Waals surface area contributed by atoms with Crippen LogP contribution in [0.3, 0.4) is 0 Å². The Bertz CT molecular complexity index is 1230. The van der Waals surface area contributed by atoms with Gasteiger partial charge in [-0.25, -0.2) is 4.57 Å². The van der Waals surface area contributed by atoms with E-state index in [-0.39, 0.29) is 26.1 Å². The zero-order chi connectivity index (χ0) is 43.6. The molecule has 10 heteroatoms. The van der Waals surface area contributed by atoms with Gasteiger partial charge in [0.15, 0.2) is 6.10 Å². The maximum absolute atomic E-state index is 12.7. The van der Waals surface area contributed by atoms with Gasteiger partial charge in [-0.2, -0.15) is 0 Å². The van der Waals surface area contributed by atoms with E-state index in [2.05, 4.69) is 74.6 Å². The fraction of sp³-hybridized carbons (Fsp3) is 0.714. The Morgan fingerprint density at radius 2 is 0.966 bits per heavy atom. The monoisotopic (exact) mass is 849 g/mol. The van der Waals surface area contributed by atoms with Gasteiger partial charge in [-0.05, 0) is 51.4 Å². The lowest BCUT2D eigenvalue weighted by atomic mass is 10.0. The fourth-order valence-electron chi connectivity index (χ4n) is 5.92. The quantitative estimate of drug-likeness (QED) is 0.0213. The molecule has 59 heavy (non-hydrogen) atoms. The minimum Gasteiger partial charge on any atom is -0.462 e. The van der Waals surface area contributed by atoms with E-state index in [0.717, 1.165) is 57.8 Å². The first-order valence-electron chi connectivity index (χ1n) is 23.2. The van der Waals surface area contributed by atoms with Crippen LogP contribution < -0.4 is 0 Å². The van der Waals surface area contributed by atoms with Crippen molar-refractivity contribution in [3.63, 3.8) is 0 Å². The van der Waals surface area contributed by atoms with Crippen LogP contribution in [0.1, 0.15) is 174 Å². The number of esters is 2. The summed E-state index contributed by atoms with van der Waals surface area (Å²) < 4.78 is 34.3. The van der Waals surface area contributed by atoms with E-state index in [1.807, 2.05) is 33.3 Å². The predicted molar refractivity (Wildman–Crippen MR) is 247 cm³/mol. The molecule has 0 fully saturated rings. The third-order valence-electron chi connectivity index (χ3n) is 9.51. The molecular formula is C49H87NO8P+. The lowest BCUT2D eigenvalue weighted by molar-refractivity contribution is -0.870. The summed E-state index contributed by atoms with van der Waals surface area (Å²) in [7, 11) is 1.43. The van der Waals surface area contributed by atoms with E-state index in [1.54, 1.807) is 0 Å². The van der Waals surface area contributed by atoms with Crippen LogP contribution >= 0.6 is 7.82 Å². The van der Waals surface area contributed by atoms with Crippen molar-refractivity contribution in [2.75, 3.05) is 47.5 Å². The van der Waals surface area contributed by atoms with Crippen molar-refractivity contribution in [1.82, 2.24) is 0 Å². The number of carbonyl (C=O) groups is 2. The highest BCUT2D eigenvalue weighted by Crippen LogP contribution is 2.43. The van der Waals surface area contributed by atoms with Gasteiger partial charge in [-0.3, -0.25) is 18.6 Å². The average molecular weight is 849 g/mol. The molecule has 0 aliphatic carbocycles. The highest BCUT2D eigenvalue weighted by atomic mass is 31.2. The highest BCUT2D eigenvalue weighted by Gasteiger charge is 2.27. The number of phosphoric acid groups is 1. The minimum atomic E-state index is -4.39. The molecule has 0 aromatic heterocycles. The molecule has 0 saturated heterocycles. The topological polar surface area (TPSA) is 108 Å². The van der Waals surface area contributed by atoms with E-state index in [9.17, 15) is 19.0 Å². The van der Waals surface area contributed by atoms with Gasteiger partial charge in [0, 0.05) is 12.8 Å². The van der Waals surface area contributed by atoms with E-state index < -0.39 is 32.5 Å². The van der Waals surface area contributed by atoms with Crippen molar-refractivity contribution in [3.05, 3.63) is 72.9 Å². The summed E-state index contributed by atoms with van der Waals surface area (Å²) in [4.78, 5) is 35.4. The maximum atomic E-state index is 12.7. The number of phosphoric ester groups is 1. The Labute approximate surface area is 361 Å². The van der Waals surface area contributed by atoms with Gasteiger partial charge in [0.2, 0.25) is 0 Å². The normalized spacial score (nSPS) is 14.2. The molecule has 0 spiro atoms. The van der Waals surface area contributed by atoms with Crippen LogP contribution in [0.4, 0.5) is 0 Å². The molecule has 0 radical (unpaired) electrons. The van der Waals surface area contributed by atoms with Gasteiger partial charge in [0.1, 0.15) is 19.8 Å². The van der Waals surface area contributed by atoms with Crippen molar-refractivity contribution in [2.45, 2.75) is 180 Å². The van der Waals surface area contributed by atoms with Crippen LogP contribution in [0.15, 0.2) is 72.9 Å².